The molecule has 3 N–H and O–H groups in total. The van der Waals surface area contributed by atoms with Gasteiger partial charge in [-0.2, -0.15) is 0 Å². The number of ether oxygens (including phenoxy) is 1. The minimum atomic E-state index is 0.119. The van der Waals surface area contributed by atoms with E-state index in [-0.39, 0.29) is 5.84 Å². The maximum absolute atomic E-state index is 9.02. The Kier molecular flexibility index (Phi) is 5.01. The van der Waals surface area contributed by atoms with Gasteiger partial charge in [0.25, 0.3) is 0 Å². The fourth-order valence-corrected chi connectivity index (χ4v) is 2.96. The second-order valence-electron chi connectivity index (χ2n) is 5.65. The minimum absolute atomic E-state index is 0.119. The number of methoxy groups -OCH3 is 1. The first-order chi connectivity index (χ1) is 10.1. The summed E-state index contributed by atoms with van der Waals surface area (Å²) in [6.07, 6.45) is 2.14. The Hall–Kier alpha value is -1.82. The number of amidine groups is 1. The molecular weight excluding hydrogens is 268 g/mol. The Balaban J connectivity index is 2.27. The van der Waals surface area contributed by atoms with Crippen LogP contribution in [0.25, 0.3) is 0 Å². The molecule has 1 fully saturated rings. The second-order valence-corrected chi connectivity index (χ2v) is 5.65. The number of nitrogens with zero attached hydrogens (tertiary/aromatic N) is 3. The van der Waals surface area contributed by atoms with Crippen LogP contribution in [-0.2, 0) is 4.74 Å². The molecule has 0 aromatic carbocycles. The number of rotatable bonds is 4. The summed E-state index contributed by atoms with van der Waals surface area (Å²) in [5.74, 6) is 1.54. The third-order valence-corrected chi connectivity index (χ3v) is 4.01. The third-order valence-electron chi connectivity index (χ3n) is 4.01. The van der Waals surface area contributed by atoms with E-state index in [2.05, 4.69) is 15.0 Å². The van der Waals surface area contributed by atoms with Gasteiger partial charge in [0, 0.05) is 32.5 Å². The summed E-state index contributed by atoms with van der Waals surface area (Å²) in [7, 11) is 1.74. The summed E-state index contributed by atoms with van der Waals surface area (Å²) < 4.78 is 5.23. The van der Waals surface area contributed by atoms with Gasteiger partial charge in [-0.05, 0) is 44.2 Å². The molecule has 21 heavy (non-hydrogen) atoms. The van der Waals surface area contributed by atoms with Crippen molar-refractivity contribution in [2.75, 3.05) is 31.7 Å². The summed E-state index contributed by atoms with van der Waals surface area (Å²) in [6, 6.07) is 1.95. The SMILES string of the molecule is COCC1CCN(c2nc(C)cc(C)c2C(N)=NO)CC1. The van der Waals surface area contributed by atoms with Crippen LogP contribution in [0.15, 0.2) is 11.2 Å². The van der Waals surface area contributed by atoms with Crippen molar-refractivity contribution in [3.05, 3.63) is 22.9 Å². The van der Waals surface area contributed by atoms with Gasteiger partial charge in [0.2, 0.25) is 0 Å². The van der Waals surface area contributed by atoms with E-state index in [0.29, 0.717) is 5.92 Å². The van der Waals surface area contributed by atoms with Crippen LogP contribution in [0, 0.1) is 19.8 Å². The summed E-state index contributed by atoms with van der Waals surface area (Å²) >= 11 is 0. The molecule has 6 heteroatoms. The third kappa shape index (κ3) is 3.44. The molecule has 0 saturated carbocycles. The van der Waals surface area contributed by atoms with Crippen LogP contribution in [0.2, 0.25) is 0 Å². The van der Waals surface area contributed by atoms with Crippen molar-refractivity contribution in [3.63, 3.8) is 0 Å². The average molecular weight is 292 g/mol. The van der Waals surface area contributed by atoms with Gasteiger partial charge in [0.05, 0.1) is 5.56 Å². The van der Waals surface area contributed by atoms with E-state index in [0.717, 1.165) is 55.2 Å². The van der Waals surface area contributed by atoms with Crippen molar-refractivity contribution in [1.82, 2.24) is 4.98 Å². The molecule has 0 unspecified atom stereocenters. The lowest BCUT2D eigenvalue weighted by Gasteiger charge is -2.34. The molecular formula is C15H24N4O2. The second kappa shape index (κ2) is 6.76. The molecule has 1 aromatic rings. The monoisotopic (exact) mass is 292 g/mol. The number of piperidine rings is 1. The van der Waals surface area contributed by atoms with Crippen LogP contribution in [0.1, 0.15) is 29.7 Å². The summed E-state index contributed by atoms with van der Waals surface area (Å²) in [6.45, 7) is 6.56. The van der Waals surface area contributed by atoms with Crippen molar-refractivity contribution < 1.29 is 9.94 Å². The first-order valence-electron chi connectivity index (χ1n) is 7.26. The Labute approximate surface area is 125 Å². The molecule has 0 radical (unpaired) electrons. The number of aromatic nitrogens is 1. The Bertz CT molecular complexity index is 523. The number of anilines is 1. The van der Waals surface area contributed by atoms with Crippen molar-refractivity contribution in [2.24, 2.45) is 16.8 Å². The Morgan fingerprint density at radius 3 is 2.71 bits per heavy atom. The highest BCUT2D eigenvalue weighted by atomic mass is 16.5. The maximum Gasteiger partial charge on any atom is 0.174 e. The molecule has 0 bridgehead atoms. The van der Waals surface area contributed by atoms with Gasteiger partial charge in [0.15, 0.2) is 5.84 Å². The number of hydrogen-bond donors (Lipinski definition) is 2. The molecule has 0 aliphatic carbocycles. The zero-order valence-corrected chi connectivity index (χ0v) is 13.0. The Morgan fingerprint density at radius 1 is 1.48 bits per heavy atom. The van der Waals surface area contributed by atoms with Gasteiger partial charge in [-0.15, -0.1) is 0 Å². The zero-order chi connectivity index (χ0) is 15.4. The average Bonchev–Trinajstić information content (AvgIpc) is 2.47. The fraction of sp³-hybridized carbons (Fsp3) is 0.600. The van der Waals surface area contributed by atoms with Gasteiger partial charge in [0.1, 0.15) is 5.82 Å². The summed E-state index contributed by atoms with van der Waals surface area (Å²) in [4.78, 5) is 6.84. The van der Waals surface area contributed by atoms with E-state index in [9.17, 15) is 0 Å². The number of hydrogen-bond acceptors (Lipinski definition) is 5. The molecule has 2 heterocycles. The molecule has 2 rings (SSSR count). The zero-order valence-electron chi connectivity index (χ0n) is 13.0. The lowest BCUT2D eigenvalue weighted by Crippen LogP contribution is -2.37. The quantitative estimate of drug-likeness (QED) is 0.381. The predicted molar refractivity (Wildman–Crippen MR) is 83.0 cm³/mol. The van der Waals surface area contributed by atoms with Crippen molar-refractivity contribution in [3.8, 4) is 0 Å². The van der Waals surface area contributed by atoms with Gasteiger partial charge in [-0.3, -0.25) is 0 Å². The number of nitrogens with two attached hydrogens (primary N) is 1. The van der Waals surface area contributed by atoms with Crippen LogP contribution in [0.4, 0.5) is 5.82 Å². The molecule has 116 valence electrons. The standard InChI is InChI=1S/C15H24N4O2/c1-10-8-11(2)17-15(13(10)14(16)18-20)19-6-4-12(5-7-19)9-21-3/h8,12,20H,4-7,9H2,1-3H3,(H2,16,18). The molecule has 1 aliphatic heterocycles. The number of oxime groups is 1. The normalized spacial score (nSPS) is 17.3. The fourth-order valence-electron chi connectivity index (χ4n) is 2.96. The van der Waals surface area contributed by atoms with Crippen molar-refractivity contribution in [2.45, 2.75) is 26.7 Å². The first-order valence-corrected chi connectivity index (χ1v) is 7.26. The van der Waals surface area contributed by atoms with E-state index in [1.807, 2.05) is 19.9 Å². The smallest absolute Gasteiger partial charge is 0.174 e. The minimum Gasteiger partial charge on any atom is -0.409 e. The number of aryl methyl sites for hydroxylation is 2. The van der Waals surface area contributed by atoms with Crippen LogP contribution in [0.5, 0.6) is 0 Å². The largest absolute Gasteiger partial charge is 0.409 e. The van der Waals surface area contributed by atoms with Crippen LogP contribution >= 0.6 is 0 Å². The molecule has 1 aromatic heterocycles. The van der Waals surface area contributed by atoms with E-state index in [1.54, 1.807) is 7.11 Å². The maximum atomic E-state index is 9.02. The van der Waals surface area contributed by atoms with Crippen molar-refractivity contribution >= 4 is 11.7 Å². The van der Waals surface area contributed by atoms with Crippen LogP contribution in [-0.4, -0.2) is 42.8 Å². The Morgan fingerprint density at radius 2 is 2.14 bits per heavy atom. The van der Waals surface area contributed by atoms with Gasteiger partial charge in [-0.25, -0.2) is 4.98 Å². The van der Waals surface area contributed by atoms with E-state index in [4.69, 9.17) is 15.7 Å². The topological polar surface area (TPSA) is 84.0 Å². The molecule has 1 saturated heterocycles. The highest BCUT2D eigenvalue weighted by Gasteiger charge is 2.24. The number of pyridine rings is 1. The van der Waals surface area contributed by atoms with Gasteiger partial charge in [-0.1, -0.05) is 5.16 Å². The van der Waals surface area contributed by atoms with E-state index < -0.39 is 0 Å². The molecule has 6 nitrogen and oxygen atoms in total. The van der Waals surface area contributed by atoms with E-state index >= 15 is 0 Å². The molecule has 0 amide bonds. The van der Waals surface area contributed by atoms with E-state index in [1.165, 1.54) is 0 Å². The first kappa shape index (κ1) is 15.6. The molecule has 1 aliphatic rings. The highest BCUT2D eigenvalue weighted by molar-refractivity contribution is 6.02. The summed E-state index contributed by atoms with van der Waals surface area (Å²) in [5, 5.41) is 12.2. The lowest BCUT2D eigenvalue weighted by molar-refractivity contribution is 0.139. The lowest BCUT2D eigenvalue weighted by atomic mass is 9.97. The summed E-state index contributed by atoms with van der Waals surface area (Å²) in [5.41, 5.74) is 8.49. The van der Waals surface area contributed by atoms with Crippen LogP contribution in [0.3, 0.4) is 0 Å². The molecule has 0 spiro atoms. The molecule has 0 atom stereocenters. The van der Waals surface area contributed by atoms with Crippen LogP contribution < -0.4 is 10.6 Å². The van der Waals surface area contributed by atoms with Gasteiger partial charge >= 0.3 is 0 Å². The highest BCUT2D eigenvalue weighted by Crippen LogP contribution is 2.27. The predicted octanol–water partition coefficient (Wildman–Crippen LogP) is 1.66. The van der Waals surface area contributed by atoms with Crippen molar-refractivity contribution in [1.29, 1.82) is 0 Å². The van der Waals surface area contributed by atoms with Gasteiger partial charge < -0.3 is 20.6 Å².